The van der Waals surface area contributed by atoms with E-state index in [2.05, 4.69) is 11.9 Å². The van der Waals surface area contributed by atoms with E-state index in [4.69, 9.17) is 0 Å². The zero-order chi connectivity index (χ0) is 13.2. The summed E-state index contributed by atoms with van der Waals surface area (Å²) in [4.78, 5) is 16.9. The van der Waals surface area contributed by atoms with E-state index in [1.165, 1.54) is 12.8 Å². The van der Waals surface area contributed by atoms with E-state index in [0.29, 0.717) is 11.7 Å². The first-order valence-electron chi connectivity index (χ1n) is 7.12. The van der Waals surface area contributed by atoms with E-state index in [1.807, 2.05) is 30.5 Å². The van der Waals surface area contributed by atoms with Gasteiger partial charge in [-0.2, -0.15) is 0 Å². The minimum atomic E-state index is 0.211. The van der Waals surface area contributed by atoms with Crippen LogP contribution < -0.4 is 0 Å². The summed E-state index contributed by atoms with van der Waals surface area (Å²) in [5.74, 6) is 1.21. The Balaban J connectivity index is 1.97. The molecule has 2 heteroatoms. The number of benzene rings is 1. The van der Waals surface area contributed by atoms with Crippen LogP contribution in [0.4, 0.5) is 0 Å². The van der Waals surface area contributed by atoms with Gasteiger partial charge in [-0.25, -0.2) is 0 Å². The van der Waals surface area contributed by atoms with Crippen LogP contribution in [0.1, 0.15) is 43.0 Å². The average molecular weight is 253 g/mol. The van der Waals surface area contributed by atoms with Crippen molar-refractivity contribution >= 4 is 16.6 Å². The van der Waals surface area contributed by atoms with Crippen molar-refractivity contribution in [3.8, 4) is 0 Å². The van der Waals surface area contributed by atoms with Gasteiger partial charge >= 0.3 is 0 Å². The Labute approximate surface area is 113 Å². The van der Waals surface area contributed by atoms with E-state index >= 15 is 0 Å². The second-order valence-electron chi connectivity index (χ2n) is 5.74. The summed E-state index contributed by atoms with van der Waals surface area (Å²) in [6.45, 7) is 2.26. The van der Waals surface area contributed by atoms with Crippen LogP contribution in [0.25, 0.3) is 10.8 Å². The molecule has 0 N–H and O–H groups in total. The number of hydrogen-bond acceptors (Lipinski definition) is 2. The molecular weight excluding hydrogens is 234 g/mol. The molecular formula is C17H19NO. The van der Waals surface area contributed by atoms with E-state index in [-0.39, 0.29) is 5.92 Å². The molecule has 3 rings (SSSR count). The van der Waals surface area contributed by atoms with Gasteiger partial charge in [0.05, 0.1) is 0 Å². The summed E-state index contributed by atoms with van der Waals surface area (Å²) in [7, 11) is 0. The van der Waals surface area contributed by atoms with Crippen LogP contribution >= 0.6 is 0 Å². The molecule has 1 saturated carbocycles. The fourth-order valence-corrected chi connectivity index (χ4v) is 3.23. The molecule has 0 radical (unpaired) electrons. The Hall–Kier alpha value is -1.70. The lowest BCUT2D eigenvalue weighted by molar-refractivity contribution is 0.0870. The number of nitrogens with zero attached hydrogens (tertiary/aromatic N) is 1. The molecule has 1 heterocycles. The van der Waals surface area contributed by atoms with E-state index < -0.39 is 0 Å². The van der Waals surface area contributed by atoms with Gasteiger partial charge in [-0.05, 0) is 30.2 Å². The van der Waals surface area contributed by atoms with Crippen molar-refractivity contribution in [2.75, 3.05) is 0 Å². The number of rotatable bonds is 2. The molecule has 1 aromatic carbocycles. The summed E-state index contributed by atoms with van der Waals surface area (Å²) in [5, 5.41) is 2.10. The third-order valence-corrected chi connectivity index (χ3v) is 4.25. The van der Waals surface area contributed by atoms with Crippen molar-refractivity contribution in [1.29, 1.82) is 0 Å². The van der Waals surface area contributed by atoms with E-state index in [0.717, 1.165) is 29.2 Å². The minimum Gasteiger partial charge on any atom is -0.294 e. The second kappa shape index (κ2) is 5.12. The van der Waals surface area contributed by atoms with Crippen molar-refractivity contribution < 1.29 is 4.79 Å². The molecule has 0 spiro atoms. The van der Waals surface area contributed by atoms with Gasteiger partial charge in [0.15, 0.2) is 5.78 Å². The quantitative estimate of drug-likeness (QED) is 0.749. The van der Waals surface area contributed by atoms with Crippen LogP contribution in [0, 0.1) is 11.8 Å². The number of aromatic nitrogens is 1. The number of pyridine rings is 1. The molecule has 0 bridgehead atoms. The first kappa shape index (κ1) is 12.3. The van der Waals surface area contributed by atoms with Gasteiger partial charge in [0.25, 0.3) is 0 Å². The Morgan fingerprint density at radius 2 is 2.16 bits per heavy atom. The fraction of sp³-hybridized carbons (Fsp3) is 0.412. The van der Waals surface area contributed by atoms with Crippen molar-refractivity contribution in [2.24, 2.45) is 11.8 Å². The van der Waals surface area contributed by atoms with Crippen LogP contribution in [0.5, 0.6) is 0 Å². The maximum Gasteiger partial charge on any atom is 0.166 e. The van der Waals surface area contributed by atoms with Gasteiger partial charge in [-0.1, -0.05) is 38.0 Å². The minimum absolute atomic E-state index is 0.211. The van der Waals surface area contributed by atoms with Crippen LogP contribution in [0.3, 0.4) is 0 Å². The van der Waals surface area contributed by atoms with Crippen molar-refractivity contribution in [3.05, 3.63) is 42.2 Å². The molecule has 1 fully saturated rings. The highest BCUT2D eigenvalue weighted by molar-refractivity contribution is 6.08. The zero-order valence-electron chi connectivity index (χ0n) is 11.3. The highest BCUT2D eigenvalue weighted by Gasteiger charge is 2.26. The van der Waals surface area contributed by atoms with Crippen LogP contribution in [-0.2, 0) is 0 Å². The Bertz CT molecular complexity index is 600. The summed E-state index contributed by atoms with van der Waals surface area (Å²) in [6, 6.07) is 7.89. The first-order chi connectivity index (χ1) is 9.25. The molecule has 98 valence electrons. The molecule has 0 saturated heterocycles. The smallest absolute Gasteiger partial charge is 0.166 e. The predicted octanol–water partition coefficient (Wildman–Crippen LogP) is 4.24. The summed E-state index contributed by atoms with van der Waals surface area (Å²) in [5.41, 5.74) is 0.874. The maximum absolute atomic E-state index is 12.7. The Morgan fingerprint density at radius 3 is 3.00 bits per heavy atom. The van der Waals surface area contributed by atoms with E-state index in [1.54, 1.807) is 6.20 Å². The van der Waals surface area contributed by atoms with Gasteiger partial charge in [0.1, 0.15) is 0 Å². The molecule has 1 aliphatic carbocycles. The monoisotopic (exact) mass is 253 g/mol. The number of hydrogen-bond donors (Lipinski definition) is 0. The highest BCUT2D eigenvalue weighted by atomic mass is 16.1. The van der Waals surface area contributed by atoms with Gasteiger partial charge in [0.2, 0.25) is 0 Å². The van der Waals surface area contributed by atoms with Crippen molar-refractivity contribution in [1.82, 2.24) is 4.98 Å². The summed E-state index contributed by atoms with van der Waals surface area (Å²) in [6.07, 6.45) is 8.14. The summed E-state index contributed by atoms with van der Waals surface area (Å²) >= 11 is 0. The third-order valence-electron chi connectivity index (χ3n) is 4.25. The maximum atomic E-state index is 12.7. The number of fused-ring (bicyclic) bond motifs is 1. The Morgan fingerprint density at radius 1 is 1.26 bits per heavy atom. The largest absolute Gasteiger partial charge is 0.294 e. The number of ketones is 1. The summed E-state index contributed by atoms with van der Waals surface area (Å²) < 4.78 is 0. The third kappa shape index (κ3) is 2.40. The van der Waals surface area contributed by atoms with E-state index in [9.17, 15) is 4.79 Å². The lowest BCUT2D eigenvalue weighted by atomic mass is 9.78. The lowest BCUT2D eigenvalue weighted by Gasteiger charge is -2.25. The molecule has 1 aliphatic rings. The second-order valence-corrected chi connectivity index (χ2v) is 5.74. The molecule has 19 heavy (non-hydrogen) atoms. The zero-order valence-corrected chi connectivity index (χ0v) is 11.3. The highest BCUT2D eigenvalue weighted by Crippen LogP contribution is 2.32. The number of carbonyl (C=O) groups excluding carboxylic acids is 1. The van der Waals surface area contributed by atoms with Crippen molar-refractivity contribution in [3.63, 3.8) is 0 Å². The number of Topliss-reactive ketones (excluding diaryl/α,β-unsaturated/α-hetero) is 1. The molecule has 2 atom stereocenters. The Kier molecular flexibility index (Phi) is 3.33. The van der Waals surface area contributed by atoms with Crippen molar-refractivity contribution in [2.45, 2.75) is 32.6 Å². The molecule has 0 aliphatic heterocycles. The van der Waals surface area contributed by atoms with Crippen LogP contribution in [0.15, 0.2) is 36.7 Å². The fourth-order valence-electron chi connectivity index (χ4n) is 3.23. The van der Waals surface area contributed by atoms with Gasteiger partial charge in [-0.15, -0.1) is 0 Å². The number of carbonyl (C=O) groups is 1. The standard InChI is InChI=1S/C17H19NO/c1-12-4-2-5-13(10-12)17(19)16-7-3-6-14-11-18-9-8-15(14)16/h3,6-9,11-13H,2,4-5,10H2,1H3. The first-order valence-corrected chi connectivity index (χ1v) is 7.12. The van der Waals surface area contributed by atoms with Gasteiger partial charge in [-0.3, -0.25) is 9.78 Å². The van der Waals surface area contributed by atoms with Gasteiger partial charge < -0.3 is 0 Å². The predicted molar refractivity (Wildman–Crippen MR) is 77.2 cm³/mol. The molecule has 2 unspecified atom stereocenters. The molecule has 2 aromatic rings. The SMILES string of the molecule is CC1CCCC(C(=O)c2cccc3cnccc23)C1. The lowest BCUT2D eigenvalue weighted by Crippen LogP contribution is -2.22. The molecule has 0 amide bonds. The normalized spacial score (nSPS) is 23.4. The van der Waals surface area contributed by atoms with Crippen LogP contribution in [0.2, 0.25) is 0 Å². The molecule has 2 nitrogen and oxygen atoms in total. The topological polar surface area (TPSA) is 30.0 Å². The average Bonchev–Trinajstić information content (AvgIpc) is 2.46. The van der Waals surface area contributed by atoms with Gasteiger partial charge in [0, 0.05) is 29.3 Å². The molecule has 1 aromatic heterocycles. The van der Waals surface area contributed by atoms with Crippen LogP contribution in [-0.4, -0.2) is 10.8 Å².